The first kappa shape index (κ1) is 44.5. The Hall–Kier alpha value is -3.55. The molecule has 1 N–H and O–H groups in total. The van der Waals surface area contributed by atoms with Gasteiger partial charge < -0.3 is 29.0 Å². The first-order valence-corrected chi connectivity index (χ1v) is 17.0. The van der Waals surface area contributed by atoms with E-state index in [2.05, 4.69) is 5.32 Å². The van der Waals surface area contributed by atoms with Crippen molar-refractivity contribution in [2.75, 3.05) is 45.8 Å². The van der Waals surface area contributed by atoms with Crippen LogP contribution in [0.5, 0.6) is 0 Å². The van der Waals surface area contributed by atoms with Crippen LogP contribution in [0, 0.1) is 0 Å². The maximum absolute atomic E-state index is 13.3. The van der Waals surface area contributed by atoms with E-state index in [1.54, 1.807) is 88.0 Å². The summed E-state index contributed by atoms with van der Waals surface area (Å²) in [7, 11) is 0. The summed E-state index contributed by atoms with van der Waals surface area (Å²) in [4.78, 5) is 68.2. The van der Waals surface area contributed by atoms with Gasteiger partial charge in [0.25, 0.3) is 0 Å². The Bertz CT molecular complexity index is 1210. The zero-order valence-corrected chi connectivity index (χ0v) is 32.3. The highest BCUT2D eigenvalue weighted by molar-refractivity contribution is 5.76. The number of hydrogen-bond acceptors (Lipinski definition) is 13. The summed E-state index contributed by atoms with van der Waals surface area (Å²) in [6, 6.07) is 8.37. The predicted octanol–water partition coefficient (Wildman–Crippen LogP) is 4.05. The molecule has 1 aromatic rings. The van der Waals surface area contributed by atoms with Crippen LogP contribution in [-0.2, 0) is 54.3 Å². The molecule has 13 heteroatoms. The molecular weight excluding hydrogens is 646 g/mol. The van der Waals surface area contributed by atoms with E-state index in [0.29, 0.717) is 0 Å². The molecule has 1 atom stereocenters. The number of hydrogen-bond donors (Lipinski definition) is 1. The van der Waals surface area contributed by atoms with Crippen LogP contribution in [0.2, 0.25) is 0 Å². The Morgan fingerprint density at radius 2 is 1.06 bits per heavy atom. The molecule has 0 radical (unpaired) electrons. The maximum atomic E-state index is 13.3. The molecule has 13 nitrogen and oxygen atoms in total. The highest BCUT2D eigenvalue weighted by atomic mass is 16.6. The molecular formula is C37H61N3O10. The van der Waals surface area contributed by atoms with Crippen molar-refractivity contribution >= 4 is 29.8 Å². The monoisotopic (exact) mass is 707 g/mol. The average molecular weight is 708 g/mol. The van der Waals surface area contributed by atoms with E-state index in [-0.39, 0.29) is 58.8 Å². The van der Waals surface area contributed by atoms with Gasteiger partial charge in [-0.15, -0.1) is 0 Å². The summed E-state index contributed by atoms with van der Waals surface area (Å²) in [6.45, 7) is 20.6. The van der Waals surface area contributed by atoms with Gasteiger partial charge in [0.2, 0.25) is 0 Å². The fourth-order valence-electron chi connectivity index (χ4n) is 4.59. The van der Waals surface area contributed by atoms with E-state index in [1.165, 1.54) is 4.90 Å². The lowest BCUT2D eigenvalue weighted by Gasteiger charge is -2.35. The van der Waals surface area contributed by atoms with E-state index < -0.39 is 58.3 Å². The smallest absolute Gasteiger partial charge is 0.320 e. The molecule has 284 valence electrons. The van der Waals surface area contributed by atoms with E-state index in [1.807, 2.05) is 30.3 Å². The van der Waals surface area contributed by atoms with Crippen LogP contribution in [0.4, 0.5) is 0 Å². The van der Waals surface area contributed by atoms with Crippen LogP contribution in [-0.4, -0.2) is 114 Å². The Morgan fingerprint density at radius 1 is 0.620 bits per heavy atom. The first-order valence-electron chi connectivity index (χ1n) is 17.0. The van der Waals surface area contributed by atoms with Crippen molar-refractivity contribution in [2.45, 2.75) is 125 Å². The molecule has 0 saturated heterocycles. The number of nitrogens with zero attached hydrogens (tertiary/aromatic N) is 2. The van der Waals surface area contributed by atoms with Gasteiger partial charge in [-0.3, -0.25) is 33.8 Å². The lowest BCUT2D eigenvalue weighted by Crippen LogP contribution is -2.52. The van der Waals surface area contributed by atoms with Crippen LogP contribution >= 0.6 is 0 Å². The third-order valence-electron chi connectivity index (χ3n) is 6.20. The summed E-state index contributed by atoms with van der Waals surface area (Å²) in [5, 5.41) is 3.04. The quantitative estimate of drug-likeness (QED) is 0.133. The molecule has 0 amide bonds. The molecule has 50 heavy (non-hydrogen) atoms. The summed E-state index contributed by atoms with van der Waals surface area (Å²) in [6.07, 6.45) is -0.228. The molecule has 0 aliphatic heterocycles. The number of benzene rings is 1. The van der Waals surface area contributed by atoms with Gasteiger partial charge in [-0.2, -0.15) is 0 Å². The fraction of sp³-hybridized carbons (Fsp3) is 0.703. The van der Waals surface area contributed by atoms with Gasteiger partial charge in [-0.1, -0.05) is 30.3 Å². The zero-order valence-electron chi connectivity index (χ0n) is 32.3. The lowest BCUT2D eigenvalue weighted by atomic mass is 10.1. The van der Waals surface area contributed by atoms with Gasteiger partial charge in [0.1, 0.15) is 29.0 Å². The topological polar surface area (TPSA) is 150 Å². The van der Waals surface area contributed by atoms with E-state index in [0.717, 1.165) is 5.56 Å². The Balaban J connectivity index is 3.42. The van der Waals surface area contributed by atoms with Crippen molar-refractivity contribution in [3.05, 3.63) is 35.9 Å². The van der Waals surface area contributed by atoms with Crippen molar-refractivity contribution in [1.29, 1.82) is 0 Å². The van der Waals surface area contributed by atoms with Crippen molar-refractivity contribution in [3.8, 4) is 0 Å². The van der Waals surface area contributed by atoms with Crippen molar-refractivity contribution in [2.24, 2.45) is 0 Å². The fourth-order valence-corrected chi connectivity index (χ4v) is 4.59. The Kier molecular flexibility index (Phi) is 17.6. The predicted molar refractivity (Wildman–Crippen MR) is 189 cm³/mol. The molecule has 0 heterocycles. The Labute approximate surface area is 298 Å². The van der Waals surface area contributed by atoms with E-state index in [9.17, 15) is 24.0 Å². The largest absolute Gasteiger partial charge is 0.461 e. The highest BCUT2D eigenvalue weighted by Crippen LogP contribution is 2.16. The third kappa shape index (κ3) is 23.0. The standard InChI is InChI=1S/C37H61N3O10/c1-34(2,3)47-30(42)21-38-18-19-39(23-31(43)48-35(4,5)6)22-28(20-29(41)46-26-27-16-14-13-15-17-27)40(24-32(44)49-36(7,8)9)25-33(45)50-37(10,11)12/h13-17,28,38H,18-26H2,1-12H3. The molecule has 1 rings (SSSR count). The van der Waals surface area contributed by atoms with E-state index in [4.69, 9.17) is 23.7 Å². The average Bonchev–Trinajstić information content (AvgIpc) is 2.90. The number of ether oxygens (including phenoxy) is 5. The number of carbonyl (C=O) groups is 5. The minimum absolute atomic E-state index is 0.0285. The second-order valence-corrected chi connectivity index (χ2v) is 16.2. The number of nitrogens with one attached hydrogen (secondary N) is 1. The van der Waals surface area contributed by atoms with Crippen molar-refractivity contribution < 1.29 is 47.7 Å². The van der Waals surface area contributed by atoms with Crippen LogP contribution in [0.15, 0.2) is 30.3 Å². The third-order valence-corrected chi connectivity index (χ3v) is 6.20. The van der Waals surface area contributed by atoms with Crippen molar-refractivity contribution in [1.82, 2.24) is 15.1 Å². The number of esters is 5. The van der Waals surface area contributed by atoms with Crippen molar-refractivity contribution in [3.63, 3.8) is 0 Å². The molecule has 0 aromatic heterocycles. The van der Waals surface area contributed by atoms with Gasteiger partial charge in [0, 0.05) is 25.7 Å². The summed E-state index contributed by atoms with van der Waals surface area (Å²) in [5.41, 5.74) is -2.21. The Morgan fingerprint density at radius 3 is 1.52 bits per heavy atom. The molecule has 0 saturated carbocycles. The molecule has 0 spiro atoms. The lowest BCUT2D eigenvalue weighted by molar-refractivity contribution is -0.164. The zero-order chi connectivity index (χ0) is 38.3. The molecule has 0 aliphatic rings. The van der Waals surface area contributed by atoms with Gasteiger partial charge >= 0.3 is 29.8 Å². The summed E-state index contributed by atoms with van der Waals surface area (Å²) < 4.78 is 27.7. The molecule has 0 bridgehead atoms. The SMILES string of the molecule is CC(C)(C)OC(=O)CNCCN(CC(=O)OC(C)(C)C)CC(CC(=O)OCc1ccccc1)N(CC(=O)OC(C)(C)C)CC(=O)OC(C)(C)C. The minimum atomic E-state index is -0.813. The highest BCUT2D eigenvalue weighted by Gasteiger charge is 2.32. The molecule has 0 fully saturated rings. The molecule has 1 aromatic carbocycles. The number of rotatable bonds is 18. The van der Waals surface area contributed by atoms with Gasteiger partial charge in [0.15, 0.2) is 0 Å². The molecule has 0 aliphatic carbocycles. The van der Waals surface area contributed by atoms with Crippen LogP contribution in [0.3, 0.4) is 0 Å². The molecule has 1 unspecified atom stereocenters. The van der Waals surface area contributed by atoms with Gasteiger partial charge in [-0.25, -0.2) is 0 Å². The van der Waals surface area contributed by atoms with Gasteiger partial charge in [-0.05, 0) is 88.6 Å². The summed E-state index contributed by atoms with van der Waals surface area (Å²) >= 11 is 0. The first-order chi connectivity index (χ1) is 22.8. The maximum Gasteiger partial charge on any atom is 0.320 e. The van der Waals surface area contributed by atoms with E-state index >= 15 is 0 Å². The van der Waals surface area contributed by atoms with Crippen LogP contribution in [0.1, 0.15) is 95.1 Å². The second kappa shape index (κ2) is 19.7. The minimum Gasteiger partial charge on any atom is -0.461 e. The normalized spacial score (nSPS) is 13.1. The number of carbonyl (C=O) groups excluding carboxylic acids is 5. The van der Waals surface area contributed by atoms with Crippen LogP contribution in [0.25, 0.3) is 0 Å². The van der Waals surface area contributed by atoms with Crippen LogP contribution < -0.4 is 5.32 Å². The summed E-state index contributed by atoms with van der Waals surface area (Å²) in [5.74, 6) is -2.74. The second-order valence-electron chi connectivity index (χ2n) is 16.2. The van der Waals surface area contributed by atoms with Gasteiger partial charge in [0.05, 0.1) is 32.6 Å².